The van der Waals surface area contributed by atoms with Crippen molar-refractivity contribution >= 4 is 11.9 Å². The summed E-state index contributed by atoms with van der Waals surface area (Å²) in [6.45, 7) is 0. The second kappa shape index (κ2) is 6.23. The van der Waals surface area contributed by atoms with Gasteiger partial charge in [-0.05, 0) is 0 Å². The van der Waals surface area contributed by atoms with Gasteiger partial charge in [-0.1, -0.05) is 0 Å². The molecule has 1 atom stereocenters. The van der Waals surface area contributed by atoms with E-state index in [1.807, 2.05) is 0 Å². The molecule has 52 valence electrons. The number of carboxylic acid groups (broad SMARTS) is 1. The molecule has 0 saturated heterocycles. The predicted octanol–water partition coefficient (Wildman–Crippen LogP) is -4.75. The molecule has 1 unspecified atom stereocenters. The average molecular weight is 174 g/mol. The molecule has 0 fully saturated rings. The fourth-order valence-corrected chi connectivity index (χ4v) is 0.200. The standard InChI is InChI=1S/C4H5FO4.K/c1-9-4(8)2(5)3(6)7;/h2H,1H3,(H,6,7);/q;+1/p-1. The second-order valence-electron chi connectivity index (χ2n) is 1.20. The summed E-state index contributed by atoms with van der Waals surface area (Å²) in [5, 5.41) is 9.51. The molecule has 0 N–H and O–H groups in total. The van der Waals surface area contributed by atoms with Crippen LogP contribution in [0.3, 0.4) is 0 Å². The Morgan fingerprint density at radius 3 is 2.10 bits per heavy atom. The normalized spacial score (nSPS) is 11.0. The van der Waals surface area contributed by atoms with Crippen molar-refractivity contribution in [2.75, 3.05) is 7.11 Å². The van der Waals surface area contributed by atoms with E-state index in [2.05, 4.69) is 4.74 Å². The van der Waals surface area contributed by atoms with Gasteiger partial charge in [-0.2, -0.15) is 0 Å². The Bertz CT molecular complexity index is 137. The van der Waals surface area contributed by atoms with E-state index in [-0.39, 0.29) is 51.4 Å². The minimum Gasteiger partial charge on any atom is -0.546 e. The maximum Gasteiger partial charge on any atom is 1.00 e. The van der Waals surface area contributed by atoms with Gasteiger partial charge in [0.25, 0.3) is 0 Å². The van der Waals surface area contributed by atoms with Crippen molar-refractivity contribution in [3.8, 4) is 0 Å². The molecule has 0 saturated carbocycles. The van der Waals surface area contributed by atoms with Crippen molar-refractivity contribution in [3.05, 3.63) is 0 Å². The van der Waals surface area contributed by atoms with E-state index in [1.54, 1.807) is 0 Å². The van der Waals surface area contributed by atoms with Gasteiger partial charge in [0.1, 0.15) is 0 Å². The number of esters is 1. The van der Waals surface area contributed by atoms with Crippen molar-refractivity contribution in [3.63, 3.8) is 0 Å². The van der Waals surface area contributed by atoms with Crippen molar-refractivity contribution in [2.24, 2.45) is 0 Å². The van der Waals surface area contributed by atoms with Crippen LogP contribution in [0.25, 0.3) is 0 Å². The Morgan fingerprint density at radius 1 is 1.60 bits per heavy atom. The zero-order valence-electron chi connectivity index (χ0n) is 5.59. The molecule has 0 aromatic heterocycles. The third-order valence-corrected chi connectivity index (χ3v) is 0.615. The fraction of sp³-hybridized carbons (Fsp3) is 0.500. The number of ether oxygens (including phenoxy) is 1. The number of rotatable bonds is 2. The number of carbonyl (C=O) groups is 2. The molecule has 0 heterocycles. The average Bonchev–Trinajstić information content (AvgIpc) is 1.84. The van der Waals surface area contributed by atoms with Crippen LogP contribution >= 0.6 is 0 Å². The summed E-state index contributed by atoms with van der Waals surface area (Å²) < 4.78 is 15.5. The third-order valence-electron chi connectivity index (χ3n) is 0.615. The van der Waals surface area contributed by atoms with Gasteiger partial charge in [-0.3, -0.25) is 0 Å². The van der Waals surface area contributed by atoms with Crippen LogP contribution < -0.4 is 56.5 Å². The first kappa shape index (κ1) is 13.1. The van der Waals surface area contributed by atoms with Gasteiger partial charge in [0.2, 0.25) is 6.17 Å². The number of hydrogen-bond donors (Lipinski definition) is 0. The summed E-state index contributed by atoms with van der Waals surface area (Å²) in [5.41, 5.74) is 0. The van der Waals surface area contributed by atoms with Crippen molar-refractivity contribution in [2.45, 2.75) is 6.17 Å². The monoisotopic (exact) mass is 174 g/mol. The quantitative estimate of drug-likeness (QED) is 0.239. The van der Waals surface area contributed by atoms with Gasteiger partial charge in [0.05, 0.1) is 13.1 Å². The molecule has 0 aliphatic heterocycles. The molecule has 0 amide bonds. The van der Waals surface area contributed by atoms with E-state index in [0.717, 1.165) is 7.11 Å². The van der Waals surface area contributed by atoms with E-state index in [1.165, 1.54) is 0 Å². The van der Waals surface area contributed by atoms with Gasteiger partial charge < -0.3 is 14.6 Å². The van der Waals surface area contributed by atoms with Crippen LogP contribution in [0.1, 0.15) is 0 Å². The fourth-order valence-electron chi connectivity index (χ4n) is 0.200. The summed E-state index contributed by atoms with van der Waals surface area (Å²) in [7, 11) is 0.887. The maximum atomic E-state index is 11.8. The minimum atomic E-state index is -2.67. The number of carbonyl (C=O) groups excluding carboxylic acids is 2. The number of alkyl halides is 1. The molecule has 6 heteroatoms. The molecule has 0 bridgehead atoms. The minimum absolute atomic E-state index is 0. The van der Waals surface area contributed by atoms with Gasteiger partial charge in [0.15, 0.2) is 0 Å². The summed E-state index contributed by atoms with van der Waals surface area (Å²) in [4.78, 5) is 19.4. The summed E-state index contributed by atoms with van der Waals surface area (Å²) in [5.74, 6) is -3.53. The van der Waals surface area contributed by atoms with Crippen LogP contribution in [-0.2, 0) is 14.3 Å². The van der Waals surface area contributed by atoms with E-state index in [9.17, 15) is 19.1 Å². The van der Waals surface area contributed by atoms with Gasteiger partial charge in [-0.25, -0.2) is 9.18 Å². The molecule has 0 rings (SSSR count). The largest absolute Gasteiger partial charge is 1.00 e. The molecule has 0 aliphatic carbocycles. The predicted molar refractivity (Wildman–Crippen MR) is 21.9 cm³/mol. The van der Waals surface area contributed by atoms with E-state index in [0.29, 0.717) is 0 Å². The molecule has 0 aromatic rings. The van der Waals surface area contributed by atoms with Crippen molar-refractivity contribution in [1.29, 1.82) is 0 Å². The summed E-state index contributed by atoms with van der Waals surface area (Å²) in [6, 6.07) is 0. The Balaban J connectivity index is 0. The number of methoxy groups -OCH3 is 1. The Kier molecular flexibility index (Phi) is 8.18. The molecule has 0 aromatic carbocycles. The van der Waals surface area contributed by atoms with E-state index < -0.39 is 18.1 Å². The first-order chi connectivity index (χ1) is 4.09. The molecular formula is C4H4FKO4. The van der Waals surface area contributed by atoms with Gasteiger partial charge in [0, 0.05) is 0 Å². The molecule has 4 nitrogen and oxygen atoms in total. The zero-order chi connectivity index (χ0) is 7.44. The maximum absolute atomic E-state index is 11.8. The summed E-state index contributed by atoms with van der Waals surface area (Å²) in [6.07, 6.45) is -2.67. The zero-order valence-corrected chi connectivity index (χ0v) is 8.71. The van der Waals surface area contributed by atoms with E-state index >= 15 is 0 Å². The first-order valence-corrected chi connectivity index (χ1v) is 2.02. The molecule has 10 heavy (non-hydrogen) atoms. The SMILES string of the molecule is COC(=O)C(F)C(=O)[O-].[K+]. The van der Waals surface area contributed by atoms with Gasteiger partial charge in [-0.15, -0.1) is 0 Å². The molecule has 0 spiro atoms. The van der Waals surface area contributed by atoms with Crippen molar-refractivity contribution in [1.82, 2.24) is 0 Å². The Hall–Kier alpha value is 0.506. The van der Waals surface area contributed by atoms with Crippen LogP contribution in [0, 0.1) is 0 Å². The summed E-state index contributed by atoms with van der Waals surface area (Å²) >= 11 is 0. The Labute approximate surface area is 99.2 Å². The van der Waals surface area contributed by atoms with Crippen LogP contribution in [0.15, 0.2) is 0 Å². The number of halogens is 1. The number of carboxylic acids is 1. The van der Waals surface area contributed by atoms with Crippen molar-refractivity contribution < 1.29 is 75.2 Å². The smallest absolute Gasteiger partial charge is 0.546 e. The number of hydrogen-bond acceptors (Lipinski definition) is 4. The van der Waals surface area contributed by atoms with Crippen LogP contribution in [0.4, 0.5) is 4.39 Å². The van der Waals surface area contributed by atoms with E-state index in [4.69, 9.17) is 0 Å². The number of aliphatic carboxylic acids is 1. The van der Waals surface area contributed by atoms with Gasteiger partial charge >= 0.3 is 57.4 Å². The molecule has 0 aliphatic rings. The topological polar surface area (TPSA) is 66.4 Å². The van der Waals surface area contributed by atoms with Crippen LogP contribution in [0.2, 0.25) is 0 Å². The molecule has 0 radical (unpaired) electrons. The molecular weight excluding hydrogens is 170 g/mol. The van der Waals surface area contributed by atoms with Crippen LogP contribution in [0.5, 0.6) is 0 Å². The second-order valence-corrected chi connectivity index (χ2v) is 1.20. The first-order valence-electron chi connectivity index (χ1n) is 2.02. The third kappa shape index (κ3) is 4.34. The van der Waals surface area contributed by atoms with Crippen LogP contribution in [-0.4, -0.2) is 25.2 Å². The Morgan fingerprint density at radius 2 is 2.00 bits per heavy atom.